The molecule has 1 atom stereocenters. The fourth-order valence-electron chi connectivity index (χ4n) is 1.80. The molecule has 0 amide bonds. The van der Waals surface area contributed by atoms with E-state index in [4.69, 9.17) is 0 Å². The Bertz CT molecular complexity index is 303. The second-order valence-corrected chi connectivity index (χ2v) is 5.19. The van der Waals surface area contributed by atoms with Gasteiger partial charge in [-0.15, -0.1) is 23.7 Å². The van der Waals surface area contributed by atoms with Crippen LogP contribution >= 0.6 is 23.7 Å². The summed E-state index contributed by atoms with van der Waals surface area (Å²) in [5.41, 5.74) is 0. The molecule has 2 heterocycles. The van der Waals surface area contributed by atoms with Crippen LogP contribution in [0.5, 0.6) is 0 Å². The molecule has 86 valence electrons. The van der Waals surface area contributed by atoms with E-state index < -0.39 is 0 Å². The monoisotopic (exact) mass is 247 g/mol. The Balaban J connectivity index is 0.00000112. The van der Waals surface area contributed by atoms with Crippen LogP contribution in [0.4, 0.5) is 0 Å². The van der Waals surface area contributed by atoms with Crippen LogP contribution in [0, 0.1) is 6.92 Å². The average molecular weight is 248 g/mol. The van der Waals surface area contributed by atoms with Crippen LogP contribution in [-0.2, 0) is 6.54 Å². The van der Waals surface area contributed by atoms with Crippen molar-refractivity contribution in [3.8, 4) is 0 Å². The van der Waals surface area contributed by atoms with Gasteiger partial charge in [0.05, 0.1) is 5.01 Å². The quantitative estimate of drug-likeness (QED) is 0.862. The number of rotatable bonds is 2. The summed E-state index contributed by atoms with van der Waals surface area (Å²) in [5.74, 6) is 0. The number of nitrogens with one attached hydrogen (secondary N) is 1. The van der Waals surface area contributed by atoms with Gasteiger partial charge in [0, 0.05) is 43.3 Å². The van der Waals surface area contributed by atoms with Crippen molar-refractivity contribution in [3.63, 3.8) is 0 Å². The number of hydrogen-bond acceptors (Lipinski definition) is 4. The van der Waals surface area contributed by atoms with Gasteiger partial charge in [0.15, 0.2) is 0 Å². The van der Waals surface area contributed by atoms with Gasteiger partial charge in [-0.2, -0.15) is 0 Å². The summed E-state index contributed by atoms with van der Waals surface area (Å²) >= 11 is 1.81. The number of aromatic nitrogens is 1. The molecular formula is C10H18ClN3S. The van der Waals surface area contributed by atoms with E-state index in [9.17, 15) is 0 Å². The minimum absolute atomic E-state index is 0. The van der Waals surface area contributed by atoms with E-state index in [0.717, 1.165) is 26.2 Å². The molecule has 0 aromatic carbocycles. The first-order chi connectivity index (χ1) is 6.75. The average Bonchev–Trinajstić information content (AvgIpc) is 2.56. The van der Waals surface area contributed by atoms with Gasteiger partial charge < -0.3 is 5.32 Å². The van der Waals surface area contributed by atoms with Crippen molar-refractivity contribution in [2.45, 2.75) is 26.4 Å². The van der Waals surface area contributed by atoms with Crippen molar-refractivity contribution in [3.05, 3.63) is 16.1 Å². The van der Waals surface area contributed by atoms with Crippen molar-refractivity contribution in [1.82, 2.24) is 15.2 Å². The molecule has 1 saturated heterocycles. The predicted molar refractivity (Wildman–Crippen MR) is 66.8 cm³/mol. The van der Waals surface area contributed by atoms with Gasteiger partial charge in [0.1, 0.15) is 0 Å². The van der Waals surface area contributed by atoms with Crippen molar-refractivity contribution in [2.75, 3.05) is 19.6 Å². The fourth-order valence-corrected chi connectivity index (χ4v) is 2.62. The Morgan fingerprint density at radius 1 is 1.67 bits per heavy atom. The standard InChI is InChI=1S/C10H17N3S.ClH/c1-8-5-11-3-4-13(8)7-10-6-12-9(2)14-10;/h6,8,11H,3-5,7H2,1-2H3;1H/t8-;/m1./s1. The lowest BCUT2D eigenvalue weighted by atomic mass is 10.2. The molecule has 3 nitrogen and oxygen atoms in total. The third kappa shape index (κ3) is 3.41. The van der Waals surface area contributed by atoms with Crippen LogP contribution < -0.4 is 5.32 Å². The summed E-state index contributed by atoms with van der Waals surface area (Å²) in [4.78, 5) is 8.19. The largest absolute Gasteiger partial charge is 0.314 e. The molecule has 0 bridgehead atoms. The number of hydrogen-bond donors (Lipinski definition) is 1. The maximum atomic E-state index is 4.28. The highest BCUT2D eigenvalue weighted by Crippen LogP contribution is 2.16. The molecule has 1 aliphatic heterocycles. The zero-order chi connectivity index (χ0) is 9.97. The molecule has 1 aromatic rings. The van der Waals surface area contributed by atoms with Crippen LogP contribution in [0.2, 0.25) is 0 Å². The Morgan fingerprint density at radius 2 is 2.47 bits per heavy atom. The molecule has 0 radical (unpaired) electrons. The number of piperazine rings is 1. The van der Waals surface area contributed by atoms with Gasteiger partial charge in [-0.3, -0.25) is 4.90 Å². The van der Waals surface area contributed by atoms with Gasteiger partial charge in [-0.05, 0) is 13.8 Å². The van der Waals surface area contributed by atoms with Crippen LogP contribution in [0.25, 0.3) is 0 Å². The molecule has 2 rings (SSSR count). The minimum atomic E-state index is 0. The first kappa shape index (κ1) is 12.9. The van der Waals surface area contributed by atoms with Crippen molar-refractivity contribution < 1.29 is 0 Å². The number of aryl methyl sites for hydroxylation is 1. The topological polar surface area (TPSA) is 28.2 Å². The van der Waals surface area contributed by atoms with E-state index >= 15 is 0 Å². The van der Waals surface area contributed by atoms with E-state index in [0.29, 0.717) is 6.04 Å². The molecule has 0 saturated carbocycles. The van der Waals surface area contributed by atoms with Gasteiger partial charge >= 0.3 is 0 Å². The summed E-state index contributed by atoms with van der Waals surface area (Å²) in [7, 11) is 0. The Morgan fingerprint density at radius 3 is 3.07 bits per heavy atom. The summed E-state index contributed by atoms with van der Waals surface area (Å²) < 4.78 is 0. The van der Waals surface area contributed by atoms with Crippen LogP contribution in [0.3, 0.4) is 0 Å². The molecule has 1 aromatic heterocycles. The van der Waals surface area contributed by atoms with E-state index in [2.05, 4.69) is 29.0 Å². The third-order valence-electron chi connectivity index (χ3n) is 2.67. The lowest BCUT2D eigenvalue weighted by Gasteiger charge is -2.33. The molecule has 0 unspecified atom stereocenters. The number of nitrogens with zero attached hydrogens (tertiary/aromatic N) is 2. The number of halogens is 1. The van der Waals surface area contributed by atoms with Crippen LogP contribution in [0.1, 0.15) is 16.8 Å². The normalized spacial score (nSPS) is 22.4. The predicted octanol–water partition coefficient (Wildman–Crippen LogP) is 1.67. The van der Waals surface area contributed by atoms with Crippen molar-refractivity contribution >= 4 is 23.7 Å². The molecule has 1 aliphatic rings. The minimum Gasteiger partial charge on any atom is -0.314 e. The van der Waals surface area contributed by atoms with E-state index in [1.54, 1.807) is 0 Å². The van der Waals surface area contributed by atoms with Gasteiger partial charge in [-0.25, -0.2) is 4.98 Å². The fraction of sp³-hybridized carbons (Fsp3) is 0.700. The molecular weight excluding hydrogens is 230 g/mol. The van der Waals surface area contributed by atoms with E-state index in [1.165, 1.54) is 9.88 Å². The van der Waals surface area contributed by atoms with E-state index in [1.807, 2.05) is 17.5 Å². The molecule has 1 N–H and O–H groups in total. The smallest absolute Gasteiger partial charge is 0.0897 e. The Labute approximate surface area is 101 Å². The third-order valence-corrected chi connectivity index (χ3v) is 3.56. The maximum Gasteiger partial charge on any atom is 0.0897 e. The summed E-state index contributed by atoms with van der Waals surface area (Å²) in [6.07, 6.45) is 2.01. The molecule has 1 fully saturated rings. The molecule has 0 spiro atoms. The first-order valence-corrected chi connectivity index (χ1v) is 5.93. The van der Waals surface area contributed by atoms with Gasteiger partial charge in [-0.1, -0.05) is 0 Å². The van der Waals surface area contributed by atoms with E-state index in [-0.39, 0.29) is 12.4 Å². The van der Waals surface area contributed by atoms with Crippen LogP contribution in [-0.4, -0.2) is 35.6 Å². The molecule has 5 heteroatoms. The van der Waals surface area contributed by atoms with Gasteiger partial charge in [0.2, 0.25) is 0 Å². The van der Waals surface area contributed by atoms with Crippen molar-refractivity contribution in [1.29, 1.82) is 0 Å². The summed E-state index contributed by atoms with van der Waals surface area (Å²) in [6, 6.07) is 0.645. The highest BCUT2D eigenvalue weighted by molar-refractivity contribution is 7.11. The molecule has 15 heavy (non-hydrogen) atoms. The zero-order valence-electron chi connectivity index (χ0n) is 9.19. The summed E-state index contributed by atoms with van der Waals surface area (Å²) in [5, 5.41) is 4.57. The SMILES string of the molecule is Cc1ncc(CN2CCNC[C@H]2C)s1.Cl. The Kier molecular flexibility index (Phi) is 4.99. The van der Waals surface area contributed by atoms with Crippen LogP contribution in [0.15, 0.2) is 6.20 Å². The number of thiazole rings is 1. The first-order valence-electron chi connectivity index (χ1n) is 5.12. The van der Waals surface area contributed by atoms with Gasteiger partial charge in [0.25, 0.3) is 0 Å². The van der Waals surface area contributed by atoms with Crippen molar-refractivity contribution in [2.24, 2.45) is 0 Å². The molecule has 0 aliphatic carbocycles. The lowest BCUT2D eigenvalue weighted by molar-refractivity contribution is 0.167. The maximum absolute atomic E-state index is 4.28. The Hall–Kier alpha value is -0.160. The second-order valence-electron chi connectivity index (χ2n) is 3.87. The lowest BCUT2D eigenvalue weighted by Crippen LogP contribution is -2.49. The highest BCUT2D eigenvalue weighted by atomic mass is 35.5. The zero-order valence-corrected chi connectivity index (χ0v) is 10.8. The second kappa shape index (κ2) is 5.80. The summed E-state index contributed by atoms with van der Waals surface area (Å²) in [6.45, 7) is 8.78. The highest BCUT2D eigenvalue weighted by Gasteiger charge is 2.18.